The summed E-state index contributed by atoms with van der Waals surface area (Å²) in [6.45, 7) is 1.63. The predicted molar refractivity (Wildman–Crippen MR) is 70.1 cm³/mol. The van der Waals surface area contributed by atoms with Crippen LogP contribution < -0.4 is 0 Å². The summed E-state index contributed by atoms with van der Waals surface area (Å²) in [6.07, 6.45) is 1.62. The van der Waals surface area contributed by atoms with Crippen LogP contribution in [0.2, 0.25) is 0 Å². The summed E-state index contributed by atoms with van der Waals surface area (Å²) in [5.41, 5.74) is -0.976. The van der Waals surface area contributed by atoms with Gasteiger partial charge in [0, 0.05) is 12.2 Å². The average Bonchev–Trinajstić information content (AvgIpc) is 2.98. The summed E-state index contributed by atoms with van der Waals surface area (Å²) in [5.74, 6) is -0.963. The highest BCUT2D eigenvalue weighted by Gasteiger charge is 2.59. The molecule has 1 aromatic rings. The molecule has 0 aliphatic carbocycles. The molecule has 3 heterocycles. The molecule has 0 bridgehead atoms. The van der Waals surface area contributed by atoms with Gasteiger partial charge in [-0.3, -0.25) is 9.78 Å². The topological polar surface area (TPSA) is 33.2 Å². The van der Waals surface area contributed by atoms with Crippen molar-refractivity contribution < 1.29 is 18.0 Å². The molecule has 0 N–H and O–H groups in total. The van der Waals surface area contributed by atoms with E-state index >= 15 is 0 Å². The van der Waals surface area contributed by atoms with Crippen LogP contribution in [0.25, 0.3) is 0 Å². The third kappa shape index (κ3) is 2.03. The number of hydrogen-bond acceptors (Lipinski definition) is 2. The fraction of sp³-hybridized carbons (Fsp3) is 0.600. The van der Waals surface area contributed by atoms with Crippen LogP contribution in [0.15, 0.2) is 18.5 Å². The second-order valence-electron chi connectivity index (χ2n) is 5.91. The molecular formula is C15H17F3N2O. The molecule has 6 heteroatoms. The summed E-state index contributed by atoms with van der Waals surface area (Å²) in [4.78, 5) is 17.9. The molecule has 2 saturated heterocycles. The summed E-state index contributed by atoms with van der Waals surface area (Å²) in [6, 6.07) is 0.833. The average molecular weight is 298 g/mol. The van der Waals surface area contributed by atoms with Crippen molar-refractivity contribution in [2.75, 3.05) is 0 Å². The van der Waals surface area contributed by atoms with Gasteiger partial charge in [0.2, 0.25) is 5.91 Å². The Morgan fingerprint density at radius 2 is 2.19 bits per heavy atom. The van der Waals surface area contributed by atoms with E-state index in [1.54, 1.807) is 11.8 Å². The van der Waals surface area contributed by atoms with Gasteiger partial charge in [0.15, 0.2) is 0 Å². The first-order chi connectivity index (χ1) is 9.99. The van der Waals surface area contributed by atoms with Crippen LogP contribution in [-0.4, -0.2) is 28.3 Å². The van der Waals surface area contributed by atoms with Crippen molar-refractivity contribution >= 4 is 5.91 Å². The SMILES string of the molecule is CC[C@@]1(C(F)F)C[C@H]2CC[C@@H](c3cncc(F)c3)N2C1=O. The number of alkyl halides is 2. The lowest BCUT2D eigenvalue weighted by Gasteiger charge is -2.29. The van der Waals surface area contributed by atoms with Gasteiger partial charge in [-0.1, -0.05) is 6.92 Å². The Morgan fingerprint density at radius 3 is 2.81 bits per heavy atom. The van der Waals surface area contributed by atoms with Gasteiger partial charge in [-0.25, -0.2) is 13.2 Å². The summed E-state index contributed by atoms with van der Waals surface area (Å²) in [5, 5.41) is 0. The standard InChI is InChI=1S/C15H17F3N2O/c1-2-15(13(17)18)6-11-3-4-12(20(11)14(15)21)9-5-10(16)8-19-7-9/h5,7-8,11-13H,2-4,6H2,1H3/t11-,12+,15+/m1/s1. The monoisotopic (exact) mass is 298 g/mol. The van der Waals surface area contributed by atoms with Gasteiger partial charge in [0.05, 0.1) is 12.2 Å². The zero-order valence-electron chi connectivity index (χ0n) is 11.7. The number of carbonyl (C=O) groups is 1. The molecule has 2 aliphatic heterocycles. The molecule has 0 saturated carbocycles. The number of rotatable bonds is 3. The van der Waals surface area contributed by atoms with Crippen molar-refractivity contribution in [1.82, 2.24) is 9.88 Å². The van der Waals surface area contributed by atoms with E-state index in [0.29, 0.717) is 18.4 Å². The molecule has 2 aliphatic rings. The number of hydrogen-bond donors (Lipinski definition) is 0. The molecule has 2 fully saturated rings. The lowest BCUT2D eigenvalue weighted by atomic mass is 9.81. The second kappa shape index (κ2) is 5.00. The van der Waals surface area contributed by atoms with Gasteiger partial charge in [-0.05, 0) is 37.3 Å². The van der Waals surface area contributed by atoms with Crippen molar-refractivity contribution in [3.8, 4) is 0 Å². The van der Waals surface area contributed by atoms with E-state index < -0.39 is 23.6 Å². The Balaban J connectivity index is 1.94. The van der Waals surface area contributed by atoms with Gasteiger partial charge in [0.1, 0.15) is 11.2 Å². The number of pyridine rings is 1. The molecular weight excluding hydrogens is 281 g/mol. The van der Waals surface area contributed by atoms with Crippen LogP contribution in [0.5, 0.6) is 0 Å². The van der Waals surface area contributed by atoms with Crippen LogP contribution >= 0.6 is 0 Å². The van der Waals surface area contributed by atoms with Gasteiger partial charge < -0.3 is 4.90 Å². The van der Waals surface area contributed by atoms with E-state index in [2.05, 4.69) is 4.98 Å². The number of carbonyl (C=O) groups excluding carboxylic acids is 1. The van der Waals surface area contributed by atoms with Gasteiger partial charge in [-0.15, -0.1) is 0 Å². The Kier molecular flexibility index (Phi) is 3.42. The number of nitrogens with zero attached hydrogens (tertiary/aromatic N) is 2. The maximum absolute atomic E-state index is 13.4. The van der Waals surface area contributed by atoms with Crippen LogP contribution in [-0.2, 0) is 4.79 Å². The summed E-state index contributed by atoms with van der Waals surface area (Å²) in [7, 11) is 0. The van der Waals surface area contributed by atoms with Crippen LogP contribution in [0.1, 0.15) is 44.2 Å². The Labute approximate surface area is 121 Å². The Bertz CT molecular complexity index is 566. The van der Waals surface area contributed by atoms with Crippen LogP contribution in [0.3, 0.4) is 0 Å². The van der Waals surface area contributed by atoms with Crippen molar-refractivity contribution in [1.29, 1.82) is 0 Å². The van der Waals surface area contributed by atoms with E-state index in [-0.39, 0.29) is 24.9 Å². The minimum Gasteiger partial charge on any atom is -0.332 e. The molecule has 3 nitrogen and oxygen atoms in total. The largest absolute Gasteiger partial charge is 0.332 e. The predicted octanol–water partition coefficient (Wildman–Crippen LogP) is 3.32. The fourth-order valence-corrected chi connectivity index (χ4v) is 3.73. The molecule has 0 spiro atoms. The first-order valence-electron chi connectivity index (χ1n) is 7.21. The molecule has 114 valence electrons. The normalized spacial score (nSPS) is 32.0. The highest BCUT2D eigenvalue weighted by Crippen LogP contribution is 2.52. The lowest BCUT2D eigenvalue weighted by molar-refractivity contribution is -0.146. The molecule has 0 unspecified atom stereocenters. The first kappa shape index (κ1) is 14.4. The van der Waals surface area contributed by atoms with E-state index in [0.717, 1.165) is 6.20 Å². The third-order valence-electron chi connectivity index (χ3n) is 4.92. The van der Waals surface area contributed by atoms with Crippen molar-refractivity contribution in [3.05, 3.63) is 29.8 Å². The Hall–Kier alpha value is -1.59. The molecule has 21 heavy (non-hydrogen) atoms. The van der Waals surface area contributed by atoms with Gasteiger partial charge in [-0.2, -0.15) is 0 Å². The molecule has 1 aromatic heterocycles. The van der Waals surface area contributed by atoms with Gasteiger partial charge in [0.25, 0.3) is 6.43 Å². The molecule has 0 radical (unpaired) electrons. The number of fused-ring (bicyclic) bond motifs is 1. The van der Waals surface area contributed by atoms with E-state index in [9.17, 15) is 18.0 Å². The second-order valence-corrected chi connectivity index (χ2v) is 5.91. The highest BCUT2D eigenvalue weighted by atomic mass is 19.3. The van der Waals surface area contributed by atoms with Crippen molar-refractivity contribution in [3.63, 3.8) is 0 Å². The first-order valence-corrected chi connectivity index (χ1v) is 7.21. The van der Waals surface area contributed by atoms with Crippen molar-refractivity contribution in [2.24, 2.45) is 5.41 Å². The smallest absolute Gasteiger partial charge is 0.252 e. The lowest BCUT2D eigenvalue weighted by Crippen LogP contribution is -2.40. The van der Waals surface area contributed by atoms with Crippen LogP contribution in [0, 0.1) is 11.2 Å². The number of halogens is 3. The molecule has 3 atom stereocenters. The highest BCUT2D eigenvalue weighted by molar-refractivity contribution is 5.86. The summed E-state index contributed by atoms with van der Waals surface area (Å²) < 4.78 is 40.2. The number of aromatic nitrogens is 1. The summed E-state index contributed by atoms with van der Waals surface area (Å²) >= 11 is 0. The van der Waals surface area contributed by atoms with E-state index in [1.165, 1.54) is 12.3 Å². The van der Waals surface area contributed by atoms with Gasteiger partial charge >= 0.3 is 0 Å². The molecule has 1 amide bonds. The minimum atomic E-state index is -2.66. The fourth-order valence-electron chi connectivity index (χ4n) is 3.73. The van der Waals surface area contributed by atoms with Crippen molar-refractivity contribution in [2.45, 2.75) is 51.1 Å². The van der Waals surface area contributed by atoms with Crippen LogP contribution in [0.4, 0.5) is 13.2 Å². The molecule has 3 rings (SSSR count). The van der Waals surface area contributed by atoms with E-state index in [1.807, 2.05) is 0 Å². The maximum Gasteiger partial charge on any atom is 0.252 e. The third-order valence-corrected chi connectivity index (χ3v) is 4.92. The number of amides is 1. The zero-order valence-corrected chi connectivity index (χ0v) is 11.7. The molecule has 0 aromatic carbocycles. The maximum atomic E-state index is 13.4. The van der Waals surface area contributed by atoms with E-state index in [4.69, 9.17) is 0 Å². The minimum absolute atomic E-state index is 0.130. The Morgan fingerprint density at radius 1 is 1.43 bits per heavy atom. The quantitative estimate of drug-likeness (QED) is 0.857. The zero-order chi connectivity index (χ0) is 15.2.